The number of nitrogens with one attached hydrogen (secondary N) is 3. The quantitative estimate of drug-likeness (QED) is 0.684. The number of aryl methyl sites for hydroxylation is 1. The molecule has 0 aliphatic heterocycles. The number of aromatic amines is 1. The summed E-state index contributed by atoms with van der Waals surface area (Å²) in [6.07, 6.45) is -1.42. The van der Waals surface area contributed by atoms with Crippen LogP contribution >= 0.6 is 0 Å². The third-order valence-electron chi connectivity index (χ3n) is 3.30. The number of rotatable bonds is 4. The van der Waals surface area contributed by atoms with Gasteiger partial charge in [0.15, 0.2) is 0 Å². The normalized spacial score (nSPS) is 11.0. The van der Waals surface area contributed by atoms with E-state index in [1.807, 2.05) is 19.1 Å². The van der Waals surface area contributed by atoms with Crippen molar-refractivity contribution in [1.29, 1.82) is 0 Å². The molecule has 0 saturated carbocycles. The largest absolute Gasteiger partial charge is 0.332 e. The molecule has 9 heteroatoms. The Morgan fingerprint density at radius 3 is 2.96 bits per heavy atom. The highest BCUT2D eigenvalue weighted by atomic mass is 19.3. The van der Waals surface area contributed by atoms with E-state index < -0.39 is 12.5 Å². The number of fused-ring (bicyclic) bond motifs is 1. The maximum absolute atomic E-state index is 12.7. The number of aromatic nitrogens is 4. The fraction of sp³-hybridized carbons (Fsp3) is 0.200. The van der Waals surface area contributed by atoms with Gasteiger partial charge < -0.3 is 5.32 Å². The van der Waals surface area contributed by atoms with Crippen molar-refractivity contribution in [3.8, 4) is 0 Å². The number of hydrogen-bond acceptors (Lipinski definition) is 4. The number of halogens is 2. The number of urea groups is 1. The van der Waals surface area contributed by atoms with Crippen molar-refractivity contribution >= 4 is 22.8 Å². The third kappa shape index (κ3) is 3.45. The lowest BCUT2D eigenvalue weighted by atomic mass is 10.2. The molecule has 0 aliphatic carbocycles. The van der Waals surface area contributed by atoms with Crippen LogP contribution in [0.4, 0.5) is 19.4 Å². The van der Waals surface area contributed by atoms with Crippen LogP contribution in [0.1, 0.15) is 23.5 Å². The second kappa shape index (κ2) is 6.57. The van der Waals surface area contributed by atoms with Gasteiger partial charge in [0.05, 0.1) is 17.8 Å². The van der Waals surface area contributed by atoms with Crippen molar-refractivity contribution in [3.05, 3.63) is 47.5 Å². The summed E-state index contributed by atoms with van der Waals surface area (Å²) in [4.78, 5) is 20.1. The number of pyridine rings is 2. The highest BCUT2D eigenvalue weighted by molar-refractivity contribution is 5.91. The summed E-state index contributed by atoms with van der Waals surface area (Å²) in [6.45, 7) is 2.12. The van der Waals surface area contributed by atoms with Crippen molar-refractivity contribution in [2.24, 2.45) is 0 Å². The molecule has 0 unspecified atom stereocenters. The molecule has 0 bridgehead atoms. The van der Waals surface area contributed by atoms with Crippen LogP contribution < -0.4 is 10.6 Å². The first-order valence-corrected chi connectivity index (χ1v) is 7.12. The van der Waals surface area contributed by atoms with Crippen molar-refractivity contribution in [3.63, 3.8) is 0 Å². The van der Waals surface area contributed by atoms with Crippen molar-refractivity contribution in [1.82, 2.24) is 25.5 Å². The van der Waals surface area contributed by atoms with Gasteiger partial charge in [-0.1, -0.05) is 6.07 Å². The number of carbonyl (C=O) groups is 1. The van der Waals surface area contributed by atoms with Crippen LogP contribution in [0.5, 0.6) is 0 Å². The Morgan fingerprint density at radius 2 is 2.21 bits per heavy atom. The molecule has 0 spiro atoms. The zero-order chi connectivity index (χ0) is 17.1. The summed E-state index contributed by atoms with van der Waals surface area (Å²) in [7, 11) is 0. The van der Waals surface area contributed by atoms with Gasteiger partial charge in [-0.25, -0.2) is 18.6 Å². The summed E-state index contributed by atoms with van der Waals surface area (Å²) >= 11 is 0. The Hall–Kier alpha value is -3.10. The molecule has 0 saturated heterocycles. The zero-order valence-electron chi connectivity index (χ0n) is 12.7. The first kappa shape index (κ1) is 15.8. The number of carbonyl (C=O) groups excluding carboxylic acids is 1. The van der Waals surface area contributed by atoms with E-state index in [4.69, 9.17) is 0 Å². The van der Waals surface area contributed by atoms with E-state index >= 15 is 0 Å². The van der Waals surface area contributed by atoms with E-state index in [-0.39, 0.29) is 23.4 Å². The number of alkyl halides is 2. The maximum Gasteiger partial charge on any atom is 0.320 e. The van der Waals surface area contributed by atoms with Gasteiger partial charge in [0.25, 0.3) is 6.43 Å². The number of H-pyrrole nitrogens is 1. The predicted molar refractivity (Wildman–Crippen MR) is 83.7 cm³/mol. The molecule has 3 N–H and O–H groups in total. The minimum atomic E-state index is -2.67. The molecule has 0 fully saturated rings. The van der Waals surface area contributed by atoms with Crippen LogP contribution in [0.25, 0.3) is 10.9 Å². The van der Waals surface area contributed by atoms with E-state index in [9.17, 15) is 13.6 Å². The molecular weight excluding hydrogens is 318 g/mol. The smallest absolute Gasteiger partial charge is 0.320 e. The molecule has 0 aliphatic rings. The van der Waals surface area contributed by atoms with Crippen LogP contribution in [0.3, 0.4) is 0 Å². The average molecular weight is 332 g/mol. The van der Waals surface area contributed by atoms with Crippen molar-refractivity contribution in [2.75, 3.05) is 5.32 Å². The summed E-state index contributed by atoms with van der Waals surface area (Å²) < 4.78 is 25.5. The molecule has 2 amide bonds. The summed E-state index contributed by atoms with van der Waals surface area (Å²) in [5.41, 5.74) is 1.59. The Morgan fingerprint density at radius 1 is 1.38 bits per heavy atom. The lowest BCUT2D eigenvalue weighted by Crippen LogP contribution is -2.28. The summed E-state index contributed by atoms with van der Waals surface area (Å²) in [5.74, 6) is 0.213. The standard InChI is InChI=1S/C15H14F2N6O/c1-8-3-2-4-9(20-8)6-19-15(24)21-12-5-11-10(7-18-12)13(14(16)17)23-22-11/h2-5,7,14H,6H2,1H3,(H,22,23)(H2,18,19,21,24). The first-order chi connectivity index (χ1) is 11.5. The predicted octanol–water partition coefficient (Wildman–Crippen LogP) is 2.92. The van der Waals surface area contributed by atoms with Gasteiger partial charge in [0.2, 0.25) is 0 Å². The number of nitrogens with zero attached hydrogens (tertiary/aromatic N) is 3. The highest BCUT2D eigenvalue weighted by Gasteiger charge is 2.15. The molecule has 3 rings (SSSR count). The average Bonchev–Trinajstić information content (AvgIpc) is 2.96. The van der Waals surface area contributed by atoms with Crippen LogP contribution in [-0.2, 0) is 6.54 Å². The SMILES string of the molecule is Cc1cccc(CNC(=O)Nc2cc3n[nH]c(C(F)F)c3cn2)n1. The molecule has 7 nitrogen and oxygen atoms in total. The van der Waals surface area contributed by atoms with E-state index in [2.05, 4.69) is 30.8 Å². The Bertz CT molecular complexity index is 879. The molecule has 3 aromatic heterocycles. The molecule has 24 heavy (non-hydrogen) atoms. The maximum atomic E-state index is 12.7. The fourth-order valence-corrected chi connectivity index (χ4v) is 2.19. The molecule has 0 atom stereocenters. The van der Waals surface area contributed by atoms with Gasteiger partial charge in [-0.2, -0.15) is 5.10 Å². The minimum absolute atomic E-state index is 0.213. The second-order valence-corrected chi connectivity index (χ2v) is 5.10. The number of amides is 2. The Balaban J connectivity index is 1.65. The Labute approximate surface area is 135 Å². The van der Waals surface area contributed by atoms with Crippen molar-refractivity contribution in [2.45, 2.75) is 19.9 Å². The zero-order valence-corrected chi connectivity index (χ0v) is 12.7. The highest BCUT2D eigenvalue weighted by Crippen LogP contribution is 2.25. The van der Waals surface area contributed by atoms with Crippen LogP contribution in [-0.4, -0.2) is 26.2 Å². The van der Waals surface area contributed by atoms with Crippen LogP contribution in [0, 0.1) is 6.92 Å². The first-order valence-electron chi connectivity index (χ1n) is 7.12. The van der Waals surface area contributed by atoms with E-state index in [1.165, 1.54) is 12.3 Å². The number of hydrogen-bond donors (Lipinski definition) is 3. The van der Waals surface area contributed by atoms with Crippen LogP contribution in [0.15, 0.2) is 30.5 Å². The fourth-order valence-electron chi connectivity index (χ4n) is 2.19. The lowest BCUT2D eigenvalue weighted by Gasteiger charge is -2.07. The second-order valence-electron chi connectivity index (χ2n) is 5.10. The van der Waals surface area contributed by atoms with E-state index in [0.717, 1.165) is 11.4 Å². The molecular formula is C15H14F2N6O. The lowest BCUT2D eigenvalue weighted by molar-refractivity contribution is 0.147. The van der Waals surface area contributed by atoms with E-state index in [1.54, 1.807) is 6.07 Å². The number of anilines is 1. The van der Waals surface area contributed by atoms with Gasteiger partial charge >= 0.3 is 6.03 Å². The topological polar surface area (TPSA) is 95.6 Å². The summed E-state index contributed by atoms with van der Waals surface area (Å²) in [5, 5.41) is 11.4. The van der Waals surface area contributed by atoms with Gasteiger partial charge in [-0.15, -0.1) is 0 Å². The van der Waals surface area contributed by atoms with Crippen LogP contribution in [0.2, 0.25) is 0 Å². The van der Waals surface area contributed by atoms with E-state index in [0.29, 0.717) is 5.52 Å². The molecule has 3 aromatic rings. The van der Waals surface area contributed by atoms with Gasteiger partial charge in [0.1, 0.15) is 11.5 Å². The Kier molecular flexibility index (Phi) is 4.32. The minimum Gasteiger partial charge on any atom is -0.332 e. The molecule has 0 radical (unpaired) electrons. The third-order valence-corrected chi connectivity index (χ3v) is 3.30. The molecule has 0 aromatic carbocycles. The monoisotopic (exact) mass is 332 g/mol. The molecule has 3 heterocycles. The summed E-state index contributed by atoms with van der Waals surface area (Å²) in [6, 6.07) is 6.45. The van der Waals surface area contributed by atoms with Gasteiger partial charge in [-0.05, 0) is 19.1 Å². The molecule has 124 valence electrons. The van der Waals surface area contributed by atoms with Gasteiger partial charge in [-0.3, -0.25) is 15.4 Å². The van der Waals surface area contributed by atoms with Crippen molar-refractivity contribution < 1.29 is 13.6 Å². The van der Waals surface area contributed by atoms with Gasteiger partial charge in [0, 0.05) is 23.3 Å².